The number of nitrogens with two attached hydrogens (primary N) is 1. The van der Waals surface area contributed by atoms with Gasteiger partial charge in [0.05, 0.1) is 23.5 Å². The molecule has 5 N–H and O–H groups in total. The van der Waals surface area contributed by atoms with Crippen LogP contribution in [0, 0.1) is 11.8 Å². The van der Waals surface area contributed by atoms with E-state index in [2.05, 4.69) is 10.0 Å². The number of amides is 1. The maximum atomic E-state index is 12.8. The minimum Gasteiger partial charge on any atom is -0.493 e. The molecule has 0 heterocycles. The molecule has 3 atom stereocenters. The zero-order valence-electron chi connectivity index (χ0n) is 20.8. The second kappa shape index (κ2) is 16.3. The summed E-state index contributed by atoms with van der Waals surface area (Å²) in [7, 11) is -1.85. The van der Waals surface area contributed by atoms with Crippen LogP contribution in [0.5, 0.6) is 5.75 Å². The number of hydrogen-bond donors (Lipinski definition) is 4. The third-order valence-corrected chi connectivity index (χ3v) is 7.34. The van der Waals surface area contributed by atoms with Crippen LogP contribution in [0.3, 0.4) is 0 Å². The molecule has 9 nitrogen and oxygen atoms in total. The normalized spacial score (nSPS) is 14.4. The van der Waals surface area contributed by atoms with Crippen molar-refractivity contribution in [2.75, 3.05) is 33.4 Å². The molecule has 0 fully saturated rings. The van der Waals surface area contributed by atoms with Crippen molar-refractivity contribution in [1.29, 1.82) is 0 Å². The standard InChI is InChI=1S/C23H41N3O6S.ClH/c1-16(2)18(13-20(24)21(27)15-26-33(29,30)17(3)4)14-25-23(28)19-9-6-7-10-22(19)32-12-8-11-31-5;/h6-7,9-10,16-18,20-21,26-27H,8,11-15,24H2,1-5H3,(H,25,28);1H/t18-,20+,21+;/m1./s1. The summed E-state index contributed by atoms with van der Waals surface area (Å²) in [5.74, 6) is 0.449. The van der Waals surface area contributed by atoms with Crippen molar-refractivity contribution in [3.05, 3.63) is 29.8 Å². The van der Waals surface area contributed by atoms with Gasteiger partial charge in [0.25, 0.3) is 5.91 Å². The van der Waals surface area contributed by atoms with Crippen LogP contribution in [-0.2, 0) is 14.8 Å². The summed E-state index contributed by atoms with van der Waals surface area (Å²) in [5.41, 5.74) is 6.60. The van der Waals surface area contributed by atoms with Crippen molar-refractivity contribution in [3.8, 4) is 5.75 Å². The number of nitrogens with one attached hydrogen (secondary N) is 2. The number of carbonyl (C=O) groups is 1. The average Bonchev–Trinajstić information content (AvgIpc) is 2.77. The van der Waals surface area contributed by atoms with E-state index in [1.165, 1.54) is 0 Å². The fourth-order valence-electron chi connectivity index (χ4n) is 3.10. The number of rotatable bonds is 16. The quantitative estimate of drug-likeness (QED) is 0.243. The number of hydrogen-bond acceptors (Lipinski definition) is 7. The maximum Gasteiger partial charge on any atom is 0.255 e. The van der Waals surface area contributed by atoms with Crippen LogP contribution in [0.4, 0.5) is 0 Å². The molecule has 0 radical (unpaired) electrons. The van der Waals surface area contributed by atoms with E-state index in [0.717, 1.165) is 6.42 Å². The van der Waals surface area contributed by atoms with E-state index in [-0.39, 0.29) is 36.7 Å². The highest BCUT2D eigenvalue weighted by atomic mass is 35.5. The number of para-hydroxylation sites is 1. The number of sulfonamides is 1. The van der Waals surface area contributed by atoms with Crippen molar-refractivity contribution in [1.82, 2.24) is 10.0 Å². The second-order valence-corrected chi connectivity index (χ2v) is 11.1. The van der Waals surface area contributed by atoms with Gasteiger partial charge in [0, 0.05) is 39.3 Å². The molecule has 1 rings (SSSR count). The Balaban J connectivity index is 0.0000109. The van der Waals surface area contributed by atoms with Gasteiger partial charge in [-0.3, -0.25) is 4.79 Å². The maximum absolute atomic E-state index is 12.8. The molecule has 1 amide bonds. The van der Waals surface area contributed by atoms with Crippen molar-refractivity contribution in [2.24, 2.45) is 17.6 Å². The molecule has 11 heteroatoms. The van der Waals surface area contributed by atoms with Gasteiger partial charge in [0.2, 0.25) is 10.0 Å². The SMILES string of the molecule is COCCCOc1ccccc1C(=O)NC[C@@H](C[C@H](N)[C@@H](O)CNS(=O)(=O)C(C)C)C(C)C.Cl. The zero-order valence-corrected chi connectivity index (χ0v) is 22.5. The average molecular weight is 524 g/mol. The number of aliphatic hydroxyl groups is 1. The van der Waals surface area contributed by atoms with Crippen molar-refractivity contribution >= 4 is 28.3 Å². The first-order chi connectivity index (χ1) is 15.5. The molecule has 0 aliphatic rings. The molecule has 34 heavy (non-hydrogen) atoms. The predicted molar refractivity (Wildman–Crippen MR) is 137 cm³/mol. The third kappa shape index (κ3) is 11.3. The molecule has 0 aromatic heterocycles. The second-order valence-electron chi connectivity index (χ2n) is 8.81. The molecule has 0 aliphatic heterocycles. The van der Waals surface area contributed by atoms with Gasteiger partial charge in [0.1, 0.15) is 5.75 Å². The summed E-state index contributed by atoms with van der Waals surface area (Å²) < 4.78 is 36.9. The number of aliphatic hydroxyl groups excluding tert-OH is 1. The smallest absolute Gasteiger partial charge is 0.255 e. The van der Waals surface area contributed by atoms with E-state index in [1.807, 2.05) is 19.9 Å². The van der Waals surface area contributed by atoms with Gasteiger partial charge in [0.15, 0.2) is 0 Å². The first kappa shape index (κ1) is 32.6. The van der Waals surface area contributed by atoms with E-state index < -0.39 is 27.4 Å². The first-order valence-electron chi connectivity index (χ1n) is 11.4. The molecule has 0 aliphatic carbocycles. The Morgan fingerprint density at radius 3 is 2.35 bits per heavy atom. The molecule has 0 bridgehead atoms. The van der Waals surface area contributed by atoms with E-state index in [4.69, 9.17) is 15.2 Å². The number of ether oxygens (including phenoxy) is 2. The van der Waals surface area contributed by atoms with Gasteiger partial charge >= 0.3 is 0 Å². The first-order valence-corrected chi connectivity index (χ1v) is 12.9. The summed E-state index contributed by atoms with van der Waals surface area (Å²) in [6, 6.07) is 6.42. The summed E-state index contributed by atoms with van der Waals surface area (Å²) in [6.07, 6.45) is 0.115. The Morgan fingerprint density at radius 2 is 1.76 bits per heavy atom. The highest BCUT2D eigenvalue weighted by molar-refractivity contribution is 7.90. The fourth-order valence-corrected chi connectivity index (χ4v) is 3.84. The van der Waals surface area contributed by atoms with Crippen LogP contribution in [-0.4, -0.2) is 70.2 Å². The Bertz CT molecular complexity index is 823. The molecule has 0 saturated carbocycles. The number of benzene rings is 1. The molecule has 0 saturated heterocycles. The van der Waals surface area contributed by atoms with E-state index in [0.29, 0.717) is 37.5 Å². The molecular weight excluding hydrogens is 482 g/mol. The number of carbonyl (C=O) groups excluding carboxylic acids is 1. The van der Waals surface area contributed by atoms with Crippen molar-refractivity contribution in [2.45, 2.75) is 57.9 Å². The zero-order chi connectivity index (χ0) is 25.0. The van der Waals surface area contributed by atoms with E-state index in [9.17, 15) is 18.3 Å². The lowest BCUT2D eigenvalue weighted by Gasteiger charge is -2.27. The van der Waals surface area contributed by atoms with Gasteiger partial charge in [-0.1, -0.05) is 26.0 Å². The summed E-state index contributed by atoms with van der Waals surface area (Å²) in [6.45, 7) is 8.41. The van der Waals surface area contributed by atoms with Crippen LogP contribution in [0.15, 0.2) is 24.3 Å². The molecule has 0 spiro atoms. The molecule has 198 valence electrons. The van der Waals surface area contributed by atoms with Crippen LogP contribution in [0.2, 0.25) is 0 Å². The Kier molecular flexibility index (Phi) is 15.6. The molecule has 0 unspecified atom stereocenters. The largest absolute Gasteiger partial charge is 0.493 e. The van der Waals surface area contributed by atoms with Gasteiger partial charge in [-0.25, -0.2) is 13.1 Å². The highest BCUT2D eigenvalue weighted by Crippen LogP contribution is 2.20. The van der Waals surface area contributed by atoms with Crippen LogP contribution in [0.1, 0.15) is 50.9 Å². The van der Waals surface area contributed by atoms with Gasteiger partial charge in [-0.05, 0) is 44.2 Å². The molecule has 1 aromatic rings. The van der Waals surface area contributed by atoms with Crippen molar-refractivity contribution in [3.63, 3.8) is 0 Å². The lowest BCUT2D eigenvalue weighted by Crippen LogP contribution is -2.46. The predicted octanol–water partition coefficient (Wildman–Crippen LogP) is 1.93. The Morgan fingerprint density at radius 1 is 1.12 bits per heavy atom. The monoisotopic (exact) mass is 523 g/mol. The Hall–Kier alpha value is -1.43. The number of halogens is 1. The summed E-state index contributed by atoms with van der Waals surface area (Å²) in [4.78, 5) is 12.8. The van der Waals surface area contributed by atoms with Crippen LogP contribution >= 0.6 is 12.4 Å². The van der Waals surface area contributed by atoms with Gasteiger partial charge in [-0.2, -0.15) is 0 Å². The summed E-state index contributed by atoms with van der Waals surface area (Å²) >= 11 is 0. The van der Waals surface area contributed by atoms with Gasteiger partial charge < -0.3 is 25.6 Å². The van der Waals surface area contributed by atoms with E-state index >= 15 is 0 Å². The van der Waals surface area contributed by atoms with E-state index in [1.54, 1.807) is 39.2 Å². The molecule has 1 aromatic carbocycles. The summed E-state index contributed by atoms with van der Waals surface area (Å²) in [5, 5.41) is 12.7. The number of methoxy groups -OCH3 is 1. The third-order valence-electron chi connectivity index (χ3n) is 5.53. The lowest BCUT2D eigenvalue weighted by molar-refractivity contribution is 0.0928. The topological polar surface area (TPSA) is 140 Å². The molecular formula is C23H42ClN3O6S. The van der Waals surface area contributed by atoms with Crippen LogP contribution < -0.4 is 20.5 Å². The minimum absolute atomic E-state index is 0. The fraction of sp³-hybridized carbons (Fsp3) is 0.696. The minimum atomic E-state index is -3.48. The highest BCUT2D eigenvalue weighted by Gasteiger charge is 2.25. The van der Waals surface area contributed by atoms with Crippen LogP contribution in [0.25, 0.3) is 0 Å². The Labute approximate surface area is 210 Å². The van der Waals surface area contributed by atoms with Gasteiger partial charge in [-0.15, -0.1) is 12.4 Å². The van der Waals surface area contributed by atoms with Crippen molar-refractivity contribution < 1.29 is 27.8 Å². The lowest BCUT2D eigenvalue weighted by atomic mass is 9.87.